The Hall–Kier alpha value is -1.23. The SMILES string of the molecule is Cc1nn(C(C)C)c(N2CCN(C3CC3)CC2)c1N. The van der Waals surface area contributed by atoms with E-state index in [1.54, 1.807) is 0 Å². The third-order valence-electron chi connectivity index (χ3n) is 4.27. The highest BCUT2D eigenvalue weighted by Crippen LogP contribution is 2.32. The average molecular weight is 263 g/mol. The Labute approximate surface area is 115 Å². The van der Waals surface area contributed by atoms with Crippen molar-refractivity contribution in [1.29, 1.82) is 0 Å². The molecule has 0 amide bonds. The summed E-state index contributed by atoms with van der Waals surface area (Å²) in [5.41, 5.74) is 8.05. The highest BCUT2D eigenvalue weighted by atomic mass is 15.4. The Morgan fingerprint density at radius 3 is 2.32 bits per heavy atom. The Bertz CT molecular complexity index is 453. The van der Waals surface area contributed by atoms with Crippen molar-refractivity contribution in [2.75, 3.05) is 36.8 Å². The van der Waals surface area contributed by atoms with E-state index in [9.17, 15) is 0 Å². The maximum Gasteiger partial charge on any atom is 0.151 e. The molecule has 2 fully saturated rings. The average Bonchev–Trinajstić information content (AvgIpc) is 3.18. The van der Waals surface area contributed by atoms with Crippen molar-refractivity contribution in [1.82, 2.24) is 14.7 Å². The number of hydrogen-bond acceptors (Lipinski definition) is 4. The summed E-state index contributed by atoms with van der Waals surface area (Å²) in [5.74, 6) is 1.13. The Balaban J connectivity index is 1.78. The maximum absolute atomic E-state index is 6.24. The van der Waals surface area contributed by atoms with E-state index >= 15 is 0 Å². The van der Waals surface area contributed by atoms with Crippen LogP contribution in [-0.4, -0.2) is 46.9 Å². The topological polar surface area (TPSA) is 50.3 Å². The van der Waals surface area contributed by atoms with Gasteiger partial charge in [-0.1, -0.05) is 0 Å². The molecule has 106 valence electrons. The summed E-state index contributed by atoms with van der Waals surface area (Å²) in [4.78, 5) is 5.03. The predicted octanol–water partition coefficient (Wildman–Crippen LogP) is 1.64. The minimum atomic E-state index is 0.354. The number of nitrogens with zero attached hydrogens (tertiary/aromatic N) is 4. The number of rotatable bonds is 3. The van der Waals surface area contributed by atoms with E-state index < -0.39 is 0 Å². The van der Waals surface area contributed by atoms with Crippen LogP contribution in [0.2, 0.25) is 0 Å². The lowest BCUT2D eigenvalue weighted by Gasteiger charge is -2.36. The van der Waals surface area contributed by atoms with Crippen LogP contribution in [0.25, 0.3) is 0 Å². The first kappa shape index (κ1) is 12.8. The Morgan fingerprint density at radius 2 is 1.79 bits per heavy atom. The van der Waals surface area contributed by atoms with Gasteiger partial charge in [-0.2, -0.15) is 5.10 Å². The van der Waals surface area contributed by atoms with Crippen molar-refractivity contribution in [2.45, 2.75) is 45.7 Å². The lowest BCUT2D eigenvalue weighted by molar-refractivity contribution is 0.246. The summed E-state index contributed by atoms with van der Waals surface area (Å²) in [6.07, 6.45) is 2.79. The van der Waals surface area contributed by atoms with E-state index in [4.69, 9.17) is 5.73 Å². The molecule has 3 rings (SSSR count). The van der Waals surface area contributed by atoms with E-state index in [1.807, 2.05) is 6.92 Å². The fraction of sp³-hybridized carbons (Fsp3) is 0.786. The molecule has 0 aromatic carbocycles. The van der Waals surface area contributed by atoms with Gasteiger partial charge in [0.25, 0.3) is 0 Å². The van der Waals surface area contributed by atoms with Gasteiger partial charge in [-0.05, 0) is 33.6 Å². The van der Waals surface area contributed by atoms with Crippen LogP contribution in [0.4, 0.5) is 11.5 Å². The predicted molar refractivity (Wildman–Crippen MR) is 78.6 cm³/mol. The number of nitrogen functional groups attached to an aromatic ring is 1. The normalized spacial score (nSPS) is 21.4. The monoisotopic (exact) mass is 263 g/mol. The first-order valence-corrected chi connectivity index (χ1v) is 7.41. The zero-order valence-electron chi connectivity index (χ0n) is 12.3. The molecule has 1 aromatic rings. The minimum Gasteiger partial charge on any atom is -0.394 e. The van der Waals surface area contributed by atoms with Gasteiger partial charge in [-0.3, -0.25) is 4.90 Å². The third-order valence-corrected chi connectivity index (χ3v) is 4.27. The molecular formula is C14H25N5. The number of aromatic nitrogens is 2. The Morgan fingerprint density at radius 1 is 1.16 bits per heavy atom. The molecule has 1 aliphatic heterocycles. The second-order valence-electron chi connectivity index (χ2n) is 6.12. The third kappa shape index (κ3) is 2.31. The molecule has 0 unspecified atom stereocenters. The van der Waals surface area contributed by atoms with Crippen LogP contribution in [-0.2, 0) is 0 Å². The molecule has 0 radical (unpaired) electrons. The molecule has 1 saturated heterocycles. The van der Waals surface area contributed by atoms with Crippen LogP contribution in [0.3, 0.4) is 0 Å². The van der Waals surface area contributed by atoms with E-state index in [-0.39, 0.29) is 0 Å². The largest absolute Gasteiger partial charge is 0.394 e. The lowest BCUT2D eigenvalue weighted by atomic mass is 10.2. The first-order chi connectivity index (χ1) is 9.08. The van der Waals surface area contributed by atoms with Crippen molar-refractivity contribution in [2.24, 2.45) is 0 Å². The Kier molecular flexibility index (Phi) is 3.17. The molecule has 1 saturated carbocycles. The molecule has 0 spiro atoms. The van der Waals surface area contributed by atoms with Crippen LogP contribution in [0.1, 0.15) is 38.4 Å². The van der Waals surface area contributed by atoms with Crippen molar-refractivity contribution in [3.63, 3.8) is 0 Å². The second kappa shape index (κ2) is 4.71. The van der Waals surface area contributed by atoms with E-state index in [0.717, 1.165) is 49.4 Å². The second-order valence-corrected chi connectivity index (χ2v) is 6.12. The first-order valence-electron chi connectivity index (χ1n) is 7.41. The summed E-state index contributed by atoms with van der Waals surface area (Å²) >= 11 is 0. The molecule has 2 aliphatic rings. The standard InChI is InChI=1S/C14H25N5/c1-10(2)19-14(13(15)11(3)16-19)18-8-6-17(7-9-18)12-4-5-12/h10,12H,4-9,15H2,1-3H3. The van der Waals surface area contributed by atoms with Gasteiger partial charge in [-0.15, -0.1) is 0 Å². The van der Waals surface area contributed by atoms with Crippen molar-refractivity contribution in [3.05, 3.63) is 5.69 Å². The summed E-state index contributed by atoms with van der Waals surface area (Å²) in [7, 11) is 0. The molecule has 1 aliphatic carbocycles. The van der Waals surface area contributed by atoms with Crippen LogP contribution in [0.15, 0.2) is 0 Å². The van der Waals surface area contributed by atoms with Crippen LogP contribution < -0.4 is 10.6 Å². The number of aryl methyl sites for hydroxylation is 1. The minimum absolute atomic E-state index is 0.354. The fourth-order valence-electron chi connectivity index (χ4n) is 2.96. The van der Waals surface area contributed by atoms with Gasteiger partial charge in [0, 0.05) is 38.3 Å². The summed E-state index contributed by atoms with van der Waals surface area (Å²) in [5, 5.41) is 4.59. The van der Waals surface area contributed by atoms with Crippen LogP contribution >= 0.6 is 0 Å². The van der Waals surface area contributed by atoms with E-state index in [0.29, 0.717) is 6.04 Å². The number of hydrogen-bond donors (Lipinski definition) is 1. The van der Waals surface area contributed by atoms with Gasteiger partial charge >= 0.3 is 0 Å². The molecule has 0 atom stereocenters. The van der Waals surface area contributed by atoms with Gasteiger partial charge in [-0.25, -0.2) is 4.68 Å². The number of piperazine rings is 1. The van der Waals surface area contributed by atoms with Crippen molar-refractivity contribution >= 4 is 11.5 Å². The van der Waals surface area contributed by atoms with Crippen molar-refractivity contribution in [3.8, 4) is 0 Å². The molecule has 0 bridgehead atoms. The van der Waals surface area contributed by atoms with E-state index in [2.05, 4.69) is 33.4 Å². The highest BCUT2D eigenvalue weighted by Gasteiger charge is 2.32. The molecule has 5 nitrogen and oxygen atoms in total. The van der Waals surface area contributed by atoms with Gasteiger partial charge in [0.05, 0.1) is 11.4 Å². The summed E-state index contributed by atoms with van der Waals surface area (Å²) < 4.78 is 2.08. The van der Waals surface area contributed by atoms with Gasteiger partial charge in [0.1, 0.15) is 0 Å². The maximum atomic E-state index is 6.24. The zero-order chi connectivity index (χ0) is 13.6. The summed E-state index contributed by atoms with van der Waals surface area (Å²) in [6.45, 7) is 10.8. The molecule has 19 heavy (non-hydrogen) atoms. The smallest absolute Gasteiger partial charge is 0.151 e. The van der Waals surface area contributed by atoms with Crippen LogP contribution in [0, 0.1) is 6.92 Å². The van der Waals surface area contributed by atoms with Gasteiger partial charge in [0.15, 0.2) is 5.82 Å². The molecule has 1 aromatic heterocycles. The quantitative estimate of drug-likeness (QED) is 0.900. The fourth-order valence-corrected chi connectivity index (χ4v) is 2.96. The lowest BCUT2D eigenvalue weighted by Crippen LogP contribution is -2.48. The molecule has 2 heterocycles. The van der Waals surface area contributed by atoms with Crippen LogP contribution in [0.5, 0.6) is 0 Å². The summed E-state index contributed by atoms with van der Waals surface area (Å²) in [6, 6.07) is 1.23. The van der Waals surface area contributed by atoms with E-state index in [1.165, 1.54) is 12.8 Å². The van der Waals surface area contributed by atoms with Crippen molar-refractivity contribution < 1.29 is 0 Å². The van der Waals surface area contributed by atoms with Gasteiger partial charge < -0.3 is 10.6 Å². The zero-order valence-corrected chi connectivity index (χ0v) is 12.3. The number of anilines is 2. The molecular weight excluding hydrogens is 238 g/mol. The molecule has 2 N–H and O–H groups in total. The highest BCUT2D eigenvalue weighted by molar-refractivity contribution is 5.66. The number of nitrogens with two attached hydrogens (primary N) is 1. The molecule has 5 heteroatoms. The van der Waals surface area contributed by atoms with Gasteiger partial charge in [0.2, 0.25) is 0 Å².